The van der Waals surface area contributed by atoms with Gasteiger partial charge in [-0.1, -0.05) is 37.3 Å². The quantitative estimate of drug-likeness (QED) is 0.0669. The van der Waals surface area contributed by atoms with Crippen molar-refractivity contribution in [1.29, 1.82) is 0 Å². The number of amides is 2. The normalized spacial score (nSPS) is 12.1. The molecule has 1 heterocycles. The number of carbonyl (C=O) groups excluding carboxylic acids is 2. The number of halogens is 1. The van der Waals surface area contributed by atoms with Crippen molar-refractivity contribution in [2.45, 2.75) is 33.6 Å². The molecule has 2 amide bonds. The van der Waals surface area contributed by atoms with Crippen LogP contribution in [0.3, 0.4) is 0 Å². The average molecular weight is 614 g/mol. The van der Waals surface area contributed by atoms with Crippen molar-refractivity contribution in [1.82, 2.24) is 0 Å². The van der Waals surface area contributed by atoms with Crippen LogP contribution in [0.4, 0.5) is 22.7 Å². The molecule has 0 radical (unpaired) electrons. The van der Waals surface area contributed by atoms with Crippen LogP contribution < -0.4 is 27.0 Å². The Bertz CT molecular complexity index is 1650. The molecule has 0 saturated heterocycles. The number of phenolic OH excluding ortho intramolecular Hbond substituents is 1. The number of phenols is 1. The summed E-state index contributed by atoms with van der Waals surface area (Å²) in [5.74, 6) is -0.442. The van der Waals surface area contributed by atoms with Gasteiger partial charge in [0.25, 0.3) is 11.8 Å². The molecule has 44 heavy (non-hydrogen) atoms. The molecular weight excluding hydrogens is 574 g/mol. The highest BCUT2D eigenvalue weighted by atomic mass is 35.5. The van der Waals surface area contributed by atoms with Gasteiger partial charge < -0.3 is 32.1 Å². The monoisotopic (exact) mass is 613 g/mol. The van der Waals surface area contributed by atoms with E-state index >= 15 is 0 Å². The highest BCUT2D eigenvalue weighted by Crippen LogP contribution is 2.41. The number of nitrogens with one attached hydrogen (secondary N) is 2. The van der Waals surface area contributed by atoms with Gasteiger partial charge in [0.15, 0.2) is 0 Å². The molecule has 4 aromatic carbocycles. The summed E-state index contributed by atoms with van der Waals surface area (Å²) in [6.45, 7) is 6.64. The maximum Gasteiger partial charge on any atom is 0.275 e. The number of anilines is 4. The van der Waals surface area contributed by atoms with Gasteiger partial charge in [0.2, 0.25) is 0 Å². The molecule has 5 rings (SSSR count). The first-order valence-electron chi connectivity index (χ1n) is 14.3. The third-order valence-corrected chi connectivity index (χ3v) is 6.98. The van der Waals surface area contributed by atoms with E-state index in [9.17, 15) is 14.7 Å². The molecule has 0 bridgehead atoms. The van der Waals surface area contributed by atoms with E-state index in [0.717, 1.165) is 28.3 Å². The van der Waals surface area contributed by atoms with Gasteiger partial charge in [-0.3, -0.25) is 9.59 Å². The van der Waals surface area contributed by atoms with Crippen LogP contribution in [0.5, 0.6) is 5.75 Å². The number of aryl methyl sites for hydroxylation is 1. The Kier molecular flexibility index (Phi) is 12.2. The Labute approximate surface area is 264 Å². The summed E-state index contributed by atoms with van der Waals surface area (Å²) in [6, 6.07) is 21.1. The van der Waals surface area contributed by atoms with Crippen molar-refractivity contribution in [2.75, 3.05) is 34.2 Å². The Morgan fingerprint density at radius 2 is 1.68 bits per heavy atom. The van der Waals surface area contributed by atoms with Crippen molar-refractivity contribution in [3.8, 4) is 5.75 Å². The minimum atomic E-state index is -0.342. The second-order valence-corrected chi connectivity index (χ2v) is 9.97. The van der Waals surface area contributed by atoms with Crippen LogP contribution >= 0.6 is 11.6 Å². The summed E-state index contributed by atoms with van der Waals surface area (Å²) in [7, 11) is 0. The Morgan fingerprint density at radius 3 is 2.30 bits per heavy atom. The van der Waals surface area contributed by atoms with Crippen LogP contribution in [0.15, 0.2) is 96.8 Å². The second-order valence-electron chi connectivity index (χ2n) is 9.97. The van der Waals surface area contributed by atoms with E-state index in [1.165, 1.54) is 12.6 Å². The van der Waals surface area contributed by atoms with Crippen molar-refractivity contribution in [3.05, 3.63) is 114 Å². The molecule has 8 nitrogen and oxygen atoms in total. The number of nitrogen functional groups attached to an aromatic ring is 1. The fourth-order valence-corrected chi connectivity index (χ4v) is 4.86. The molecule has 0 atom stereocenters. The molecule has 9 heteroatoms. The standard InChI is InChI=1S/C29H27N5O3.C5H10.CH3Cl/c1-17-3-2-4-23-26(35)15-25-22(27(17)23)13-14-34(25)29(37)24(31)16-32-20-9-11-21(12-10-20)33-28(36)18-5-7-19(30)8-6-18;1-3-5-4-2;1-2/h2-12,15-16,32,35H,13-14,30-31H2,1H3,(H,33,36);3,5H,4H2,1-2H3;1H3/b24-16-;5-3-;. The fraction of sp³-hybridized carbons (Fsp3) is 0.200. The SMILES string of the molecule is C/C=C\CC.CCl.Cc1cccc2c(O)cc3c(c12)CCN3C(=O)/C(N)=C/Nc1ccc(NC(=O)c2ccc(N)cc2)cc1. The van der Waals surface area contributed by atoms with E-state index in [1.54, 1.807) is 59.5 Å². The maximum atomic E-state index is 13.1. The molecule has 1 aliphatic heterocycles. The maximum absolute atomic E-state index is 13.1. The van der Waals surface area contributed by atoms with Gasteiger partial charge in [-0.05, 0) is 91.7 Å². The Morgan fingerprint density at radius 1 is 1.02 bits per heavy atom. The van der Waals surface area contributed by atoms with E-state index in [-0.39, 0.29) is 23.3 Å². The summed E-state index contributed by atoms with van der Waals surface area (Å²) in [5.41, 5.74) is 17.0. The van der Waals surface area contributed by atoms with Crippen LogP contribution in [0.25, 0.3) is 10.8 Å². The molecule has 0 saturated carbocycles. The third-order valence-electron chi connectivity index (χ3n) is 6.98. The zero-order chi connectivity index (χ0) is 32.2. The first-order valence-corrected chi connectivity index (χ1v) is 15.0. The van der Waals surface area contributed by atoms with E-state index in [2.05, 4.69) is 41.3 Å². The van der Waals surface area contributed by atoms with Crippen molar-refractivity contribution in [3.63, 3.8) is 0 Å². The van der Waals surface area contributed by atoms with Crippen LogP contribution in [0.1, 0.15) is 41.8 Å². The number of rotatable bonds is 6. The van der Waals surface area contributed by atoms with Crippen LogP contribution in [-0.2, 0) is 11.2 Å². The molecule has 4 aromatic rings. The van der Waals surface area contributed by atoms with Gasteiger partial charge in [0, 0.05) is 53.2 Å². The molecule has 0 aliphatic carbocycles. The number of benzene rings is 4. The lowest BCUT2D eigenvalue weighted by Gasteiger charge is -2.19. The molecule has 0 spiro atoms. The molecular formula is C35H40ClN5O3. The number of alkyl halides is 1. The molecule has 0 aromatic heterocycles. The van der Waals surface area contributed by atoms with E-state index in [1.807, 2.05) is 32.0 Å². The minimum Gasteiger partial charge on any atom is -0.507 e. The largest absolute Gasteiger partial charge is 0.507 e. The first-order chi connectivity index (χ1) is 21.2. The molecule has 7 N–H and O–H groups in total. The number of carbonyl (C=O) groups is 2. The molecule has 230 valence electrons. The first kappa shape index (κ1) is 33.6. The van der Waals surface area contributed by atoms with Gasteiger partial charge in [-0.15, -0.1) is 11.6 Å². The Balaban J connectivity index is 0.000000688. The number of nitrogens with two attached hydrogens (primary N) is 2. The summed E-state index contributed by atoms with van der Waals surface area (Å²) in [5, 5.41) is 18.2. The number of hydrogen-bond acceptors (Lipinski definition) is 6. The Hall–Kier alpha value is -4.95. The van der Waals surface area contributed by atoms with Crippen molar-refractivity contribution < 1.29 is 14.7 Å². The molecule has 0 unspecified atom stereocenters. The lowest BCUT2D eigenvalue weighted by molar-refractivity contribution is -0.115. The smallest absolute Gasteiger partial charge is 0.275 e. The number of fused-ring (bicyclic) bond motifs is 3. The lowest BCUT2D eigenvalue weighted by atomic mass is 9.97. The van der Waals surface area contributed by atoms with Crippen molar-refractivity contribution >= 4 is 56.9 Å². The van der Waals surface area contributed by atoms with Crippen LogP contribution in [0, 0.1) is 6.92 Å². The zero-order valence-electron chi connectivity index (χ0n) is 25.5. The average Bonchev–Trinajstić information content (AvgIpc) is 3.45. The van der Waals surface area contributed by atoms with E-state index in [0.29, 0.717) is 41.3 Å². The fourth-order valence-electron chi connectivity index (χ4n) is 4.86. The minimum absolute atomic E-state index is 0.0398. The topological polar surface area (TPSA) is 134 Å². The summed E-state index contributed by atoms with van der Waals surface area (Å²) in [4.78, 5) is 27.1. The third kappa shape index (κ3) is 8.11. The number of allylic oxidation sites excluding steroid dienone is 2. The van der Waals surface area contributed by atoms with Gasteiger partial charge >= 0.3 is 0 Å². The summed E-state index contributed by atoms with van der Waals surface area (Å²) in [6.07, 6.45) is 8.96. The van der Waals surface area contributed by atoms with Crippen LogP contribution in [-0.4, -0.2) is 29.8 Å². The van der Waals surface area contributed by atoms with Crippen molar-refractivity contribution in [2.24, 2.45) is 5.73 Å². The van der Waals surface area contributed by atoms with E-state index in [4.69, 9.17) is 11.5 Å². The summed E-state index contributed by atoms with van der Waals surface area (Å²) < 4.78 is 0. The lowest BCUT2D eigenvalue weighted by Crippen LogP contribution is -2.33. The number of aromatic hydroxyl groups is 1. The number of nitrogens with zero attached hydrogens (tertiary/aromatic N) is 1. The van der Waals surface area contributed by atoms with Gasteiger partial charge in [0.05, 0.1) is 5.69 Å². The predicted molar refractivity (Wildman–Crippen MR) is 184 cm³/mol. The zero-order valence-corrected chi connectivity index (χ0v) is 26.3. The van der Waals surface area contributed by atoms with Gasteiger partial charge in [-0.25, -0.2) is 0 Å². The number of hydrogen-bond donors (Lipinski definition) is 5. The van der Waals surface area contributed by atoms with Gasteiger partial charge in [0.1, 0.15) is 11.4 Å². The second kappa shape index (κ2) is 16.0. The highest BCUT2D eigenvalue weighted by molar-refractivity contribution is 6.15. The highest BCUT2D eigenvalue weighted by Gasteiger charge is 2.29. The van der Waals surface area contributed by atoms with E-state index < -0.39 is 0 Å². The summed E-state index contributed by atoms with van der Waals surface area (Å²) >= 11 is 4.64. The predicted octanol–water partition coefficient (Wildman–Crippen LogP) is 7.32. The van der Waals surface area contributed by atoms with Gasteiger partial charge in [-0.2, -0.15) is 0 Å². The molecule has 1 aliphatic rings. The van der Waals surface area contributed by atoms with Crippen LogP contribution in [0.2, 0.25) is 0 Å². The molecule has 0 fully saturated rings.